The number of hydrogen-bond acceptors (Lipinski definition) is 5. The lowest BCUT2D eigenvalue weighted by molar-refractivity contribution is -0.182. The first-order valence-corrected chi connectivity index (χ1v) is 12.9. The average molecular weight is 552 g/mol. The van der Waals surface area contributed by atoms with E-state index in [4.69, 9.17) is 5.73 Å². The highest BCUT2D eigenvalue weighted by Crippen LogP contribution is 2.37. The monoisotopic (exact) mass is 551 g/mol. The fraction of sp³-hybridized carbons (Fsp3) is 0.357. The molecular formula is C28H28F3N7O2. The summed E-state index contributed by atoms with van der Waals surface area (Å²) >= 11 is 0. The largest absolute Gasteiger partial charge is 0.391 e. The van der Waals surface area contributed by atoms with E-state index in [0.29, 0.717) is 46.7 Å². The van der Waals surface area contributed by atoms with Crippen LogP contribution in [0.2, 0.25) is 0 Å². The second-order valence-electron chi connectivity index (χ2n) is 9.96. The van der Waals surface area contributed by atoms with Crippen LogP contribution in [0.4, 0.5) is 29.6 Å². The number of nitrogen functional groups attached to an aromatic ring is 1. The Morgan fingerprint density at radius 3 is 2.67 bits per heavy atom. The lowest BCUT2D eigenvalue weighted by atomic mass is 9.86. The van der Waals surface area contributed by atoms with Crippen molar-refractivity contribution >= 4 is 23.6 Å². The summed E-state index contributed by atoms with van der Waals surface area (Å²) in [6, 6.07) is 7.89. The molecule has 0 bridgehead atoms. The molecule has 3 amide bonds. The van der Waals surface area contributed by atoms with Gasteiger partial charge in [-0.3, -0.25) is 4.79 Å². The minimum absolute atomic E-state index is 0.00887. The van der Waals surface area contributed by atoms with Crippen molar-refractivity contribution in [1.29, 1.82) is 0 Å². The van der Waals surface area contributed by atoms with Gasteiger partial charge in [-0.05, 0) is 49.9 Å². The SMILES string of the molecule is Cn1c(-c2nc(N)ncc2C#Cc2cccc(NC(=O)NC3CCC(C(F)(F)F)CC3)c2)cc2c1CCNC2=O. The highest BCUT2D eigenvalue weighted by Gasteiger charge is 2.41. The van der Waals surface area contributed by atoms with Crippen LogP contribution in [0.5, 0.6) is 0 Å². The molecule has 5 rings (SSSR count). The van der Waals surface area contributed by atoms with Crippen molar-refractivity contribution in [3.8, 4) is 23.2 Å². The number of nitrogens with zero attached hydrogens (tertiary/aromatic N) is 3. The third-order valence-electron chi connectivity index (χ3n) is 7.29. The van der Waals surface area contributed by atoms with Crippen molar-refractivity contribution in [3.05, 3.63) is 58.9 Å². The summed E-state index contributed by atoms with van der Waals surface area (Å²) < 4.78 is 40.6. The minimum Gasteiger partial charge on any atom is -0.368 e. The zero-order valence-corrected chi connectivity index (χ0v) is 21.7. The highest BCUT2D eigenvalue weighted by atomic mass is 19.4. The summed E-state index contributed by atoms with van der Waals surface area (Å²) in [6.07, 6.45) is -1.39. The molecule has 0 spiro atoms. The molecule has 2 aromatic heterocycles. The first kappa shape index (κ1) is 27.1. The number of anilines is 2. The predicted octanol–water partition coefficient (Wildman–Crippen LogP) is 3.99. The molecule has 0 radical (unpaired) electrons. The van der Waals surface area contributed by atoms with E-state index in [0.717, 1.165) is 5.69 Å². The van der Waals surface area contributed by atoms with Crippen LogP contribution in [0.25, 0.3) is 11.4 Å². The van der Waals surface area contributed by atoms with Gasteiger partial charge in [-0.15, -0.1) is 0 Å². The van der Waals surface area contributed by atoms with Crippen molar-refractivity contribution in [2.75, 3.05) is 17.6 Å². The number of halogens is 3. The van der Waals surface area contributed by atoms with Gasteiger partial charge >= 0.3 is 12.2 Å². The van der Waals surface area contributed by atoms with Gasteiger partial charge in [0.2, 0.25) is 5.95 Å². The van der Waals surface area contributed by atoms with E-state index in [1.54, 1.807) is 30.3 Å². The van der Waals surface area contributed by atoms with Crippen LogP contribution in [-0.4, -0.2) is 45.2 Å². The molecule has 208 valence electrons. The van der Waals surface area contributed by atoms with E-state index in [2.05, 4.69) is 37.8 Å². The molecule has 0 atom stereocenters. The Bertz CT molecular complexity index is 1510. The number of urea groups is 1. The number of nitrogens with one attached hydrogen (secondary N) is 3. The lowest BCUT2D eigenvalue weighted by Gasteiger charge is -2.30. The van der Waals surface area contributed by atoms with Crippen molar-refractivity contribution < 1.29 is 22.8 Å². The number of amides is 3. The Morgan fingerprint density at radius 2 is 1.95 bits per heavy atom. The van der Waals surface area contributed by atoms with Gasteiger partial charge in [0.15, 0.2) is 0 Å². The van der Waals surface area contributed by atoms with Crippen LogP contribution >= 0.6 is 0 Å². The number of carbonyl (C=O) groups excluding carboxylic acids is 2. The Balaban J connectivity index is 1.30. The Hall–Kier alpha value is -4.53. The zero-order chi connectivity index (χ0) is 28.4. The second-order valence-corrected chi connectivity index (χ2v) is 9.96. The molecule has 40 heavy (non-hydrogen) atoms. The van der Waals surface area contributed by atoms with Crippen LogP contribution < -0.4 is 21.7 Å². The maximum Gasteiger partial charge on any atom is 0.391 e. The van der Waals surface area contributed by atoms with Gasteiger partial charge in [-0.1, -0.05) is 17.9 Å². The molecule has 5 N–H and O–H groups in total. The van der Waals surface area contributed by atoms with Gasteiger partial charge in [0.1, 0.15) is 5.69 Å². The molecule has 1 saturated carbocycles. The van der Waals surface area contributed by atoms with Crippen molar-refractivity contribution in [1.82, 2.24) is 25.2 Å². The molecule has 12 heteroatoms. The fourth-order valence-corrected chi connectivity index (χ4v) is 5.17. The molecule has 1 fully saturated rings. The molecule has 0 saturated heterocycles. The third-order valence-corrected chi connectivity index (χ3v) is 7.29. The standard InChI is InChI=1S/C28H28F3N7O2/c1-38-22-11-12-33-25(39)21(22)14-23(38)24-17(15-34-26(32)37-24)6-5-16-3-2-4-20(13-16)36-27(40)35-19-9-7-18(8-10-19)28(29,30)31/h2-4,13-15,18-19H,7-12H2,1H3,(H,33,39)(H2,32,34,37)(H2,35,36,40). The predicted molar refractivity (Wildman–Crippen MR) is 143 cm³/mol. The van der Waals surface area contributed by atoms with Gasteiger partial charge in [0.05, 0.1) is 22.7 Å². The quantitative estimate of drug-likeness (QED) is 0.366. The maximum atomic E-state index is 12.9. The molecule has 3 heterocycles. The number of nitrogens with two attached hydrogens (primary N) is 1. The molecule has 1 aromatic carbocycles. The summed E-state index contributed by atoms with van der Waals surface area (Å²) in [7, 11) is 1.87. The number of carbonyl (C=O) groups is 2. The van der Waals surface area contributed by atoms with E-state index in [1.165, 1.54) is 6.20 Å². The van der Waals surface area contributed by atoms with E-state index in [9.17, 15) is 22.8 Å². The minimum atomic E-state index is -4.19. The fourth-order valence-electron chi connectivity index (χ4n) is 5.17. The lowest BCUT2D eigenvalue weighted by Crippen LogP contribution is -2.41. The third kappa shape index (κ3) is 5.88. The summed E-state index contributed by atoms with van der Waals surface area (Å²) in [5.41, 5.74) is 10.2. The Labute approximate surface area is 228 Å². The second kappa shape index (κ2) is 10.9. The maximum absolute atomic E-state index is 12.9. The van der Waals surface area contributed by atoms with Crippen LogP contribution in [0.15, 0.2) is 36.5 Å². The summed E-state index contributed by atoms with van der Waals surface area (Å²) in [6.45, 7) is 0.559. The summed E-state index contributed by atoms with van der Waals surface area (Å²) in [5, 5.41) is 8.33. The molecule has 9 nitrogen and oxygen atoms in total. The average Bonchev–Trinajstić information content (AvgIpc) is 3.25. The van der Waals surface area contributed by atoms with Crippen LogP contribution in [-0.2, 0) is 13.5 Å². The van der Waals surface area contributed by atoms with Gasteiger partial charge in [-0.25, -0.2) is 14.8 Å². The molecule has 3 aromatic rings. The summed E-state index contributed by atoms with van der Waals surface area (Å²) in [4.78, 5) is 33.3. The first-order chi connectivity index (χ1) is 19.1. The molecular weight excluding hydrogens is 523 g/mol. The van der Waals surface area contributed by atoms with Gasteiger partial charge in [-0.2, -0.15) is 13.2 Å². The first-order valence-electron chi connectivity index (χ1n) is 12.9. The van der Waals surface area contributed by atoms with Crippen LogP contribution in [0.1, 0.15) is 52.9 Å². The summed E-state index contributed by atoms with van der Waals surface area (Å²) in [5.74, 6) is 4.76. The molecule has 0 unspecified atom stereocenters. The molecule has 2 aliphatic rings. The van der Waals surface area contributed by atoms with Crippen molar-refractivity contribution in [2.24, 2.45) is 13.0 Å². The zero-order valence-electron chi connectivity index (χ0n) is 21.7. The van der Waals surface area contributed by atoms with Crippen molar-refractivity contribution in [3.63, 3.8) is 0 Å². The van der Waals surface area contributed by atoms with E-state index in [-0.39, 0.29) is 43.6 Å². The Kier molecular flexibility index (Phi) is 7.38. The highest BCUT2D eigenvalue weighted by molar-refractivity contribution is 5.98. The van der Waals surface area contributed by atoms with E-state index >= 15 is 0 Å². The number of aromatic nitrogens is 3. The van der Waals surface area contributed by atoms with Crippen LogP contribution in [0, 0.1) is 17.8 Å². The molecule has 1 aliphatic carbocycles. The normalized spacial score (nSPS) is 18.6. The number of hydrogen-bond donors (Lipinski definition) is 4. The Morgan fingerprint density at radius 1 is 1.18 bits per heavy atom. The van der Waals surface area contributed by atoms with Gasteiger partial charge in [0, 0.05) is 49.2 Å². The number of fused-ring (bicyclic) bond motifs is 1. The van der Waals surface area contributed by atoms with E-state index in [1.807, 2.05) is 11.6 Å². The molecule has 1 aliphatic heterocycles. The van der Waals surface area contributed by atoms with E-state index < -0.39 is 18.1 Å². The number of benzene rings is 1. The topological polar surface area (TPSA) is 127 Å². The smallest absolute Gasteiger partial charge is 0.368 e. The van der Waals surface area contributed by atoms with Gasteiger partial charge in [0.25, 0.3) is 5.91 Å². The number of alkyl halides is 3. The van der Waals surface area contributed by atoms with Crippen LogP contribution in [0.3, 0.4) is 0 Å². The number of rotatable bonds is 3. The van der Waals surface area contributed by atoms with Gasteiger partial charge < -0.3 is 26.3 Å². The van der Waals surface area contributed by atoms with Crippen molar-refractivity contribution in [2.45, 2.75) is 44.3 Å².